The number of H-pyrrole nitrogens is 2. The first-order chi connectivity index (χ1) is 7.22. The maximum absolute atomic E-state index is 11.3. The lowest BCUT2D eigenvalue weighted by Gasteiger charge is -2.17. The summed E-state index contributed by atoms with van der Waals surface area (Å²) < 4.78 is 0.434. The van der Waals surface area contributed by atoms with Crippen molar-refractivity contribution in [2.45, 2.75) is 18.8 Å². The van der Waals surface area contributed by atoms with Crippen LogP contribution in [0.25, 0.3) is 0 Å². The molecule has 78 valence electrons. The highest BCUT2D eigenvalue weighted by atomic mass is 32.1. The minimum Gasteiger partial charge on any atom is -0.336 e. The molecule has 4 heteroatoms. The van der Waals surface area contributed by atoms with E-state index in [-0.39, 0.29) is 5.56 Å². The maximum Gasteiger partial charge on any atom is 0.251 e. The normalized spacial score (nSPS) is 32.4. The van der Waals surface area contributed by atoms with Gasteiger partial charge >= 0.3 is 0 Å². The standard InChI is InChI=1S/C11H12N2OS/c14-10-5-9(12-11(15)13-10)8-4-6-1-2-7(8)3-6/h1-2,5-8H,3-4H2,(H2,12,13,14,15). The fraction of sp³-hybridized carbons (Fsp3) is 0.455. The van der Waals surface area contributed by atoms with E-state index in [9.17, 15) is 4.79 Å². The SMILES string of the molecule is O=c1cc(C2CC3C=CC2C3)[nH]c(=S)[nH]1. The van der Waals surface area contributed by atoms with E-state index < -0.39 is 0 Å². The van der Waals surface area contributed by atoms with Crippen LogP contribution in [0.15, 0.2) is 23.0 Å². The van der Waals surface area contributed by atoms with E-state index in [4.69, 9.17) is 12.2 Å². The summed E-state index contributed by atoms with van der Waals surface area (Å²) in [7, 11) is 0. The Morgan fingerprint density at radius 3 is 2.73 bits per heavy atom. The Hall–Kier alpha value is -1.16. The van der Waals surface area contributed by atoms with Crippen molar-refractivity contribution < 1.29 is 0 Å². The van der Waals surface area contributed by atoms with E-state index in [1.165, 1.54) is 6.42 Å². The van der Waals surface area contributed by atoms with Crippen molar-refractivity contribution >= 4 is 12.2 Å². The summed E-state index contributed by atoms with van der Waals surface area (Å²) in [5.41, 5.74) is 0.904. The second kappa shape index (κ2) is 3.17. The Kier molecular flexibility index (Phi) is 1.92. The number of fused-ring (bicyclic) bond motifs is 2. The van der Waals surface area contributed by atoms with Crippen LogP contribution < -0.4 is 5.56 Å². The topological polar surface area (TPSA) is 48.6 Å². The van der Waals surface area contributed by atoms with Crippen LogP contribution in [0.4, 0.5) is 0 Å². The lowest BCUT2D eigenvalue weighted by atomic mass is 9.90. The molecule has 2 aliphatic rings. The number of aromatic amines is 2. The summed E-state index contributed by atoms with van der Waals surface area (Å²) in [5.74, 6) is 1.77. The zero-order chi connectivity index (χ0) is 10.4. The average molecular weight is 220 g/mol. The first-order valence-corrected chi connectivity index (χ1v) is 5.65. The molecule has 2 N–H and O–H groups in total. The molecule has 1 heterocycles. The smallest absolute Gasteiger partial charge is 0.251 e. The number of hydrogen-bond donors (Lipinski definition) is 2. The van der Waals surface area contributed by atoms with Crippen LogP contribution in [0.1, 0.15) is 24.5 Å². The molecule has 0 radical (unpaired) electrons. The molecule has 1 fully saturated rings. The molecule has 0 amide bonds. The van der Waals surface area contributed by atoms with Crippen LogP contribution in [0.2, 0.25) is 0 Å². The van der Waals surface area contributed by atoms with Crippen molar-refractivity contribution in [3.05, 3.63) is 39.0 Å². The predicted octanol–water partition coefficient (Wildman–Crippen LogP) is 2.11. The molecule has 15 heavy (non-hydrogen) atoms. The van der Waals surface area contributed by atoms with Crippen LogP contribution in [0.5, 0.6) is 0 Å². The lowest BCUT2D eigenvalue weighted by molar-refractivity contribution is 0.567. The lowest BCUT2D eigenvalue weighted by Crippen LogP contribution is -2.14. The molecule has 3 atom stereocenters. The molecule has 1 aromatic rings. The fourth-order valence-corrected chi connectivity index (χ4v) is 3.04. The minimum atomic E-state index is -0.0968. The number of hydrogen-bond acceptors (Lipinski definition) is 2. The van der Waals surface area contributed by atoms with Crippen molar-refractivity contribution in [1.29, 1.82) is 0 Å². The van der Waals surface area contributed by atoms with Crippen LogP contribution in [0, 0.1) is 16.6 Å². The summed E-state index contributed by atoms with van der Waals surface area (Å²) in [6.45, 7) is 0. The van der Waals surface area contributed by atoms with Gasteiger partial charge in [0.25, 0.3) is 5.56 Å². The van der Waals surface area contributed by atoms with Crippen molar-refractivity contribution in [3.63, 3.8) is 0 Å². The molecule has 0 spiro atoms. The molecular formula is C11H12N2OS. The monoisotopic (exact) mass is 220 g/mol. The molecule has 1 saturated carbocycles. The van der Waals surface area contributed by atoms with E-state index >= 15 is 0 Å². The van der Waals surface area contributed by atoms with Crippen LogP contribution in [-0.2, 0) is 0 Å². The minimum absolute atomic E-state index is 0.0968. The number of nitrogens with one attached hydrogen (secondary N) is 2. The van der Waals surface area contributed by atoms with Gasteiger partial charge in [0.05, 0.1) is 0 Å². The Morgan fingerprint density at radius 2 is 2.13 bits per heavy atom. The van der Waals surface area contributed by atoms with Crippen LogP contribution in [0.3, 0.4) is 0 Å². The summed E-state index contributed by atoms with van der Waals surface area (Å²) >= 11 is 4.98. The molecule has 1 aromatic heterocycles. The molecule has 3 unspecified atom stereocenters. The quantitative estimate of drug-likeness (QED) is 0.562. The summed E-state index contributed by atoms with van der Waals surface area (Å²) in [4.78, 5) is 17.0. The Morgan fingerprint density at radius 1 is 1.27 bits per heavy atom. The van der Waals surface area contributed by atoms with Crippen LogP contribution >= 0.6 is 12.2 Å². The van der Waals surface area contributed by atoms with E-state index in [2.05, 4.69) is 22.1 Å². The maximum atomic E-state index is 11.3. The van der Waals surface area contributed by atoms with E-state index in [0.29, 0.717) is 22.5 Å². The molecular weight excluding hydrogens is 208 g/mol. The van der Waals surface area contributed by atoms with E-state index in [0.717, 1.165) is 12.1 Å². The van der Waals surface area contributed by atoms with Gasteiger partial charge in [-0.25, -0.2) is 0 Å². The fourth-order valence-electron chi connectivity index (χ4n) is 2.83. The molecule has 2 bridgehead atoms. The summed E-state index contributed by atoms with van der Waals surface area (Å²) in [6.07, 6.45) is 6.95. The summed E-state index contributed by atoms with van der Waals surface area (Å²) in [5, 5.41) is 0. The first kappa shape index (κ1) is 9.09. The average Bonchev–Trinajstić information content (AvgIpc) is 2.76. The van der Waals surface area contributed by atoms with Crippen LogP contribution in [-0.4, -0.2) is 9.97 Å². The zero-order valence-electron chi connectivity index (χ0n) is 8.19. The molecule has 0 aliphatic heterocycles. The molecule has 3 rings (SSSR count). The zero-order valence-corrected chi connectivity index (χ0v) is 9.01. The molecule has 2 aliphatic carbocycles. The second-order valence-corrected chi connectivity index (χ2v) is 4.84. The highest BCUT2D eigenvalue weighted by Gasteiger charge is 2.36. The van der Waals surface area contributed by atoms with Gasteiger partial charge in [-0.15, -0.1) is 0 Å². The van der Waals surface area contributed by atoms with Gasteiger partial charge in [0.2, 0.25) is 0 Å². The molecule has 0 aromatic carbocycles. The Balaban J connectivity index is 2.03. The highest BCUT2D eigenvalue weighted by Crippen LogP contribution is 2.47. The predicted molar refractivity (Wildman–Crippen MR) is 60.3 cm³/mol. The van der Waals surface area contributed by atoms with Crippen molar-refractivity contribution in [3.8, 4) is 0 Å². The van der Waals surface area contributed by atoms with Gasteiger partial charge in [-0.1, -0.05) is 12.2 Å². The van der Waals surface area contributed by atoms with Gasteiger partial charge in [0.15, 0.2) is 4.77 Å². The summed E-state index contributed by atoms with van der Waals surface area (Å²) in [6, 6.07) is 1.65. The second-order valence-electron chi connectivity index (χ2n) is 4.43. The van der Waals surface area contributed by atoms with E-state index in [1.807, 2.05) is 0 Å². The third kappa shape index (κ3) is 1.49. The third-order valence-corrected chi connectivity index (χ3v) is 3.66. The Labute approximate surface area is 92.2 Å². The van der Waals surface area contributed by atoms with Gasteiger partial charge < -0.3 is 4.98 Å². The number of aromatic nitrogens is 2. The first-order valence-electron chi connectivity index (χ1n) is 5.24. The van der Waals surface area contributed by atoms with Crippen molar-refractivity contribution in [2.75, 3.05) is 0 Å². The number of rotatable bonds is 1. The van der Waals surface area contributed by atoms with Gasteiger partial charge in [-0.05, 0) is 36.9 Å². The van der Waals surface area contributed by atoms with Gasteiger partial charge in [0, 0.05) is 17.7 Å². The Bertz CT molecular complexity index is 500. The van der Waals surface area contributed by atoms with Gasteiger partial charge in [0.1, 0.15) is 0 Å². The van der Waals surface area contributed by atoms with E-state index in [1.54, 1.807) is 6.07 Å². The molecule has 3 nitrogen and oxygen atoms in total. The highest BCUT2D eigenvalue weighted by molar-refractivity contribution is 7.71. The van der Waals surface area contributed by atoms with Crippen molar-refractivity contribution in [2.24, 2.45) is 11.8 Å². The largest absolute Gasteiger partial charge is 0.336 e. The van der Waals surface area contributed by atoms with Gasteiger partial charge in [-0.2, -0.15) is 0 Å². The van der Waals surface area contributed by atoms with Crippen molar-refractivity contribution in [1.82, 2.24) is 9.97 Å². The third-order valence-electron chi connectivity index (χ3n) is 3.46. The van der Waals surface area contributed by atoms with Gasteiger partial charge in [-0.3, -0.25) is 9.78 Å². The molecule has 0 saturated heterocycles. The number of allylic oxidation sites excluding steroid dienone is 2.